The molecule has 1 aromatic heterocycles. The van der Waals surface area contributed by atoms with E-state index < -0.39 is 5.82 Å². The van der Waals surface area contributed by atoms with Gasteiger partial charge in [-0.2, -0.15) is 4.98 Å². The van der Waals surface area contributed by atoms with E-state index in [1.165, 1.54) is 18.2 Å². The minimum atomic E-state index is -0.397. The second-order valence-corrected chi connectivity index (χ2v) is 8.76. The fraction of sp³-hybridized carbons (Fsp3) is 0.542. The predicted octanol–water partition coefficient (Wildman–Crippen LogP) is 3.57. The summed E-state index contributed by atoms with van der Waals surface area (Å²) in [7, 11) is 3.68. The van der Waals surface area contributed by atoms with Crippen LogP contribution in [0.1, 0.15) is 38.7 Å². The molecule has 0 radical (unpaired) electrons. The van der Waals surface area contributed by atoms with Crippen molar-refractivity contribution < 1.29 is 13.9 Å². The first-order valence-electron chi connectivity index (χ1n) is 11.2. The summed E-state index contributed by atoms with van der Waals surface area (Å²) in [6.07, 6.45) is 3.89. The number of carbonyl (C=O) groups is 1. The fourth-order valence-corrected chi connectivity index (χ4v) is 3.44. The van der Waals surface area contributed by atoms with Gasteiger partial charge in [-0.15, -0.1) is 0 Å². The highest BCUT2D eigenvalue weighted by Gasteiger charge is 2.33. The summed E-state index contributed by atoms with van der Waals surface area (Å²) in [6.45, 7) is 7.41. The van der Waals surface area contributed by atoms with Gasteiger partial charge in [0.05, 0.1) is 12.7 Å². The molecule has 174 valence electrons. The largest absolute Gasteiger partial charge is 0.489 e. The molecule has 8 heteroatoms. The summed E-state index contributed by atoms with van der Waals surface area (Å²) in [5.41, 5.74) is 1.20. The van der Waals surface area contributed by atoms with Crippen LogP contribution in [0, 0.1) is 18.7 Å². The summed E-state index contributed by atoms with van der Waals surface area (Å²) >= 11 is 0. The standard InChI is InChI=1S/C17H21FN4O.C7H13NO/c1-12-4-6-13(7-5-12)23-14-8-9-22(11-14)16-15(18)10-19-17(20-16)21(2)3;1-3-7(9)8-6-4-5(6)2/h4-7,10,14H,8-9,11H2,1-3H3;5-6H,3-4H2,1-2H3,(H,8,9)/t14-;/m1./s1. The second kappa shape index (κ2) is 10.6. The molecule has 2 unspecified atom stereocenters. The maximum absolute atomic E-state index is 14.1. The van der Waals surface area contributed by atoms with Crippen molar-refractivity contribution >= 4 is 17.7 Å². The van der Waals surface area contributed by atoms with Crippen molar-refractivity contribution in [3.8, 4) is 5.75 Å². The molecule has 0 spiro atoms. The van der Waals surface area contributed by atoms with E-state index in [0.717, 1.165) is 24.6 Å². The lowest BCUT2D eigenvalue weighted by Gasteiger charge is -2.20. The lowest BCUT2D eigenvalue weighted by atomic mass is 10.2. The molecule has 2 aromatic rings. The van der Waals surface area contributed by atoms with E-state index in [1.807, 2.05) is 57.1 Å². The minimum absolute atomic E-state index is 0.0369. The van der Waals surface area contributed by atoms with Crippen molar-refractivity contribution in [1.29, 1.82) is 0 Å². The van der Waals surface area contributed by atoms with Crippen LogP contribution in [-0.4, -0.2) is 55.2 Å². The molecule has 1 aromatic carbocycles. The normalized spacial score (nSPS) is 21.4. The highest BCUT2D eigenvalue weighted by molar-refractivity contribution is 5.76. The lowest BCUT2D eigenvalue weighted by Crippen LogP contribution is -2.27. The van der Waals surface area contributed by atoms with Crippen molar-refractivity contribution in [2.45, 2.75) is 52.2 Å². The van der Waals surface area contributed by atoms with Crippen molar-refractivity contribution in [3.63, 3.8) is 0 Å². The number of anilines is 2. The molecule has 1 N–H and O–H groups in total. The van der Waals surface area contributed by atoms with Crippen LogP contribution >= 0.6 is 0 Å². The first-order chi connectivity index (χ1) is 15.3. The zero-order chi connectivity index (χ0) is 23.3. The number of ether oxygens (including phenoxy) is 1. The summed E-state index contributed by atoms with van der Waals surface area (Å²) in [6, 6.07) is 8.48. The number of hydrogen-bond acceptors (Lipinski definition) is 6. The minimum Gasteiger partial charge on any atom is -0.489 e. The third-order valence-electron chi connectivity index (χ3n) is 5.66. The number of halogens is 1. The van der Waals surface area contributed by atoms with Crippen LogP contribution in [0.3, 0.4) is 0 Å². The first kappa shape index (κ1) is 23.8. The van der Waals surface area contributed by atoms with Crippen LogP contribution in [0.4, 0.5) is 16.2 Å². The van der Waals surface area contributed by atoms with Gasteiger partial charge in [0, 0.05) is 39.5 Å². The summed E-state index contributed by atoms with van der Waals surface area (Å²) in [5.74, 6) is 2.21. The van der Waals surface area contributed by atoms with E-state index in [2.05, 4.69) is 22.2 Å². The Bertz CT molecular complexity index is 906. The SMILES string of the molecule is CCC(=O)NC1CC1C.Cc1ccc(O[C@@H]2CCN(c3nc(N(C)C)ncc3F)C2)cc1. The average molecular weight is 444 g/mol. The number of hydrogen-bond donors (Lipinski definition) is 1. The van der Waals surface area contributed by atoms with E-state index in [0.29, 0.717) is 30.8 Å². The van der Waals surface area contributed by atoms with Crippen LogP contribution in [0.15, 0.2) is 30.5 Å². The van der Waals surface area contributed by atoms with Crippen LogP contribution < -0.4 is 19.9 Å². The molecule has 1 saturated carbocycles. The Morgan fingerprint density at radius 1 is 1.31 bits per heavy atom. The Morgan fingerprint density at radius 3 is 2.59 bits per heavy atom. The molecule has 1 amide bonds. The van der Waals surface area contributed by atoms with Crippen LogP contribution in [0.5, 0.6) is 5.75 Å². The number of benzene rings is 1. The van der Waals surface area contributed by atoms with Gasteiger partial charge in [0.1, 0.15) is 11.9 Å². The lowest BCUT2D eigenvalue weighted by molar-refractivity contribution is -0.120. The van der Waals surface area contributed by atoms with Gasteiger partial charge in [-0.05, 0) is 31.4 Å². The molecular formula is C24H34FN5O2. The summed E-state index contributed by atoms with van der Waals surface area (Å²) < 4.78 is 20.0. The average Bonchev–Trinajstić information content (AvgIpc) is 3.26. The molecule has 1 saturated heterocycles. The molecule has 0 bridgehead atoms. The molecule has 3 atom stereocenters. The molecule has 2 fully saturated rings. The molecular weight excluding hydrogens is 409 g/mol. The molecule has 1 aliphatic carbocycles. The first-order valence-corrected chi connectivity index (χ1v) is 11.2. The highest BCUT2D eigenvalue weighted by atomic mass is 19.1. The van der Waals surface area contributed by atoms with Gasteiger partial charge in [0.15, 0.2) is 11.6 Å². The highest BCUT2D eigenvalue weighted by Crippen LogP contribution is 2.29. The Balaban J connectivity index is 0.000000269. The van der Waals surface area contributed by atoms with Crippen LogP contribution in [0.25, 0.3) is 0 Å². The molecule has 2 aliphatic rings. The number of amides is 1. The topological polar surface area (TPSA) is 70.6 Å². The van der Waals surface area contributed by atoms with Crippen molar-refractivity contribution in [3.05, 3.63) is 41.8 Å². The smallest absolute Gasteiger partial charge is 0.226 e. The second-order valence-electron chi connectivity index (χ2n) is 8.76. The van der Waals surface area contributed by atoms with Crippen LogP contribution in [0.2, 0.25) is 0 Å². The van der Waals surface area contributed by atoms with E-state index in [9.17, 15) is 9.18 Å². The number of nitrogens with zero attached hydrogens (tertiary/aromatic N) is 4. The van der Waals surface area contributed by atoms with Gasteiger partial charge in [-0.3, -0.25) is 4.79 Å². The molecule has 7 nitrogen and oxygen atoms in total. The summed E-state index contributed by atoms with van der Waals surface area (Å²) in [5, 5.41) is 2.91. The Morgan fingerprint density at radius 2 is 2.00 bits per heavy atom. The van der Waals surface area contributed by atoms with Gasteiger partial charge >= 0.3 is 0 Å². The Kier molecular flexibility index (Phi) is 7.88. The van der Waals surface area contributed by atoms with Crippen molar-refractivity contribution in [2.75, 3.05) is 37.0 Å². The van der Waals surface area contributed by atoms with Gasteiger partial charge in [-0.25, -0.2) is 9.37 Å². The number of nitrogens with one attached hydrogen (secondary N) is 1. The van der Waals surface area contributed by atoms with Crippen molar-refractivity contribution in [1.82, 2.24) is 15.3 Å². The number of rotatable bonds is 6. The van der Waals surface area contributed by atoms with Crippen LogP contribution in [-0.2, 0) is 4.79 Å². The Labute approximate surface area is 190 Å². The predicted molar refractivity (Wildman–Crippen MR) is 125 cm³/mol. The quantitative estimate of drug-likeness (QED) is 0.736. The Hall–Kier alpha value is -2.90. The maximum atomic E-state index is 14.1. The van der Waals surface area contributed by atoms with E-state index in [-0.39, 0.29) is 12.0 Å². The molecule has 4 rings (SSSR count). The number of aromatic nitrogens is 2. The van der Waals surface area contributed by atoms with E-state index in [4.69, 9.17) is 4.74 Å². The van der Waals surface area contributed by atoms with Crippen molar-refractivity contribution in [2.24, 2.45) is 5.92 Å². The van der Waals surface area contributed by atoms with Gasteiger partial charge in [0.2, 0.25) is 11.9 Å². The third-order valence-corrected chi connectivity index (χ3v) is 5.66. The zero-order valence-corrected chi connectivity index (χ0v) is 19.6. The molecule has 1 aliphatic heterocycles. The molecule has 2 heterocycles. The number of carbonyl (C=O) groups excluding carboxylic acids is 1. The van der Waals surface area contributed by atoms with Gasteiger partial charge < -0.3 is 19.9 Å². The van der Waals surface area contributed by atoms with E-state index in [1.54, 1.807) is 4.90 Å². The fourth-order valence-electron chi connectivity index (χ4n) is 3.44. The van der Waals surface area contributed by atoms with Gasteiger partial charge in [0.25, 0.3) is 0 Å². The monoisotopic (exact) mass is 443 g/mol. The third kappa shape index (κ3) is 6.55. The number of aryl methyl sites for hydroxylation is 1. The summed E-state index contributed by atoms with van der Waals surface area (Å²) in [4.78, 5) is 22.7. The van der Waals surface area contributed by atoms with E-state index >= 15 is 0 Å². The zero-order valence-electron chi connectivity index (χ0n) is 19.6. The maximum Gasteiger partial charge on any atom is 0.226 e. The van der Waals surface area contributed by atoms with Gasteiger partial charge in [-0.1, -0.05) is 31.5 Å². The molecule has 32 heavy (non-hydrogen) atoms.